The molecule has 2 amide bonds. The van der Waals surface area contributed by atoms with Gasteiger partial charge in [-0.25, -0.2) is 4.39 Å². The van der Waals surface area contributed by atoms with Crippen LogP contribution in [-0.4, -0.2) is 22.0 Å². The van der Waals surface area contributed by atoms with Crippen LogP contribution in [0.4, 0.5) is 15.9 Å². The average Bonchev–Trinajstić information content (AvgIpc) is 3.26. The molecule has 1 aromatic carbocycles. The van der Waals surface area contributed by atoms with Crippen LogP contribution in [0.1, 0.15) is 47.3 Å². The molecule has 0 saturated heterocycles. The molecule has 1 heterocycles. The first-order valence-electron chi connectivity index (χ1n) is 7.39. The fourth-order valence-corrected chi connectivity index (χ4v) is 2.46. The molecule has 1 aliphatic carbocycles. The number of nitrogens with one attached hydrogen (secondary N) is 3. The number of aromatic nitrogens is 2. The first-order valence-corrected chi connectivity index (χ1v) is 7.39. The Morgan fingerprint density at radius 2 is 2.04 bits per heavy atom. The number of hydrogen-bond acceptors (Lipinski definition) is 3. The molecule has 120 valence electrons. The SMILES string of the molecule is CC(=O)Nc1ccc(F)c(C(=O)Nc2n[nH]c(C3CC3)c2C)c1. The maximum absolute atomic E-state index is 13.9. The van der Waals surface area contributed by atoms with Gasteiger partial charge < -0.3 is 10.6 Å². The van der Waals surface area contributed by atoms with Crippen molar-refractivity contribution in [3.05, 3.63) is 40.8 Å². The normalized spacial score (nSPS) is 13.7. The molecule has 7 heteroatoms. The van der Waals surface area contributed by atoms with Crippen LogP contribution in [0.3, 0.4) is 0 Å². The van der Waals surface area contributed by atoms with Gasteiger partial charge in [0.25, 0.3) is 5.91 Å². The number of rotatable bonds is 4. The van der Waals surface area contributed by atoms with Gasteiger partial charge in [-0.15, -0.1) is 0 Å². The summed E-state index contributed by atoms with van der Waals surface area (Å²) >= 11 is 0. The molecule has 2 aromatic rings. The van der Waals surface area contributed by atoms with Crippen molar-refractivity contribution in [2.75, 3.05) is 10.6 Å². The predicted molar refractivity (Wildman–Crippen MR) is 84.0 cm³/mol. The van der Waals surface area contributed by atoms with E-state index >= 15 is 0 Å². The average molecular weight is 316 g/mol. The number of carbonyl (C=O) groups is 2. The van der Waals surface area contributed by atoms with Crippen molar-refractivity contribution in [3.8, 4) is 0 Å². The number of benzene rings is 1. The minimum absolute atomic E-state index is 0.147. The summed E-state index contributed by atoms with van der Waals surface area (Å²) in [6.45, 7) is 3.21. The monoisotopic (exact) mass is 316 g/mol. The van der Waals surface area contributed by atoms with Gasteiger partial charge in [0, 0.05) is 29.8 Å². The highest BCUT2D eigenvalue weighted by atomic mass is 19.1. The van der Waals surface area contributed by atoms with E-state index in [-0.39, 0.29) is 11.5 Å². The van der Waals surface area contributed by atoms with Gasteiger partial charge in [0.05, 0.1) is 5.56 Å². The second-order valence-electron chi connectivity index (χ2n) is 5.72. The van der Waals surface area contributed by atoms with Gasteiger partial charge in [-0.3, -0.25) is 14.7 Å². The molecule has 3 N–H and O–H groups in total. The minimum Gasteiger partial charge on any atom is -0.326 e. The molecule has 1 fully saturated rings. The van der Waals surface area contributed by atoms with Gasteiger partial charge in [-0.1, -0.05) is 0 Å². The second-order valence-corrected chi connectivity index (χ2v) is 5.72. The van der Waals surface area contributed by atoms with E-state index in [0.29, 0.717) is 17.4 Å². The number of carbonyl (C=O) groups excluding carboxylic acids is 2. The van der Waals surface area contributed by atoms with Gasteiger partial charge in [-0.2, -0.15) is 5.10 Å². The standard InChI is InChI=1S/C16H17FN4O2/c1-8-14(10-3-4-10)20-21-15(8)19-16(23)12-7-11(18-9(2)22)5-6-13(12)17/h5-7,10H,3-4H2,1-2H3,(H,18,22)(H2,19,20,21,23). The molecule has 3 rings (SSSR count). The summed E-state index contributed by atoms with van der Waals surface area (Å²) in [5.74, 6) is -0.673. The molecule has 6 nitrogen and oxygen atoms in total. The van der Waals surface area contributed by atoms with Crippen LogP contribution in [0.25, 0.3) is 0 Å². The first kappa shape index (κ1) is 15.2. The molecule has 23 heavy (non-hydrogen) atoms. The van der Waals surface area contributed by atoms with Gasteiger partial charge in [-0.05, 0) is 38.0 Å². The number of halogens is 1. The third kappa shape index (κ3) is 3.23. The Morgan fingerprint density at radius 1 is 1.30 bits per heavy atom. The lowest BCUT2D eigenvalue weighted by atomic mass is 10.1. The van der Waals surface area contributed by atoms with E-state index in [1.807, 2.05) is 6.92 Å². The van der Waals surface area contributed by atoms with Crippen molar-refractivity contribution in [1.29, 1.82) is 0 Å². The van der Waals surface area contributed by atoms with Crippen molar-refractivity contribution in [2.24, 2.45) is 0 Å². The third-order valence-corrected chi connectivity index (χ3v) is 3.80. The zero-order chi connectivity index (χ0) is 16.6. The summed E-state index contributed by atoms with van der Waals surface area (Å²) in [5, 5.41) is 12.2. The number of aromatic amines is 1. The van der Waals surface area contributed by atoms with E-state index in [9.17, 15) is 14.0 Å². The smallest absolute Gasteiger partial charge is 0.259 e. The van der Waals surface area contributed by atoms with E-state index < -0.39 is 11.7 Å². The Hall–Kier alpha value is -2.70. The number of hydrogen-bond donors (Lipinski definition) is 3. The van der Waals surface area contributed by atoms with Crippen LogP contribution in [0.5, 0.6) is 0 Å². The van der Waals surface area contributed by atoms with Crippen molar-refractivity contribution in [2.45, 2.75) is 32.6 Å². The van der Waals surface area contributed by atoms with Gasteiger partial charge in [0.1, 0.15) is 5.82 Å². The lowest BCUT2D eigenvalue weighted by Crippen LogP contribution is -2.16. The summed E-state index contributed by atoms with van der Waals surface area (Å²) in [6, 6.07) is 3.85. The second kappa shape index (κ2) is 5.83. The highest BCUT2D eigenvalue weighted by molar-refractivity contribution is 6.05. The van der Waals surface area contributed by atoms with E-state index in [2.05, 4.69) is 20.8 Å². The fraction of sp³-hybridized carbons (Fsp3) is 0.312. The number of amides is 2. The molecule has 0 atom stereocenters. The molecule has 0 aliphatic heterocycles. The first-order chi connectivity index (χ1) is 11.0. The van der Waals surface area contributed by atoms with Crippen LogP contribution in [0.15, 0.2) is 18.2 Å². The van der Waals surface area contributed by atoms with Gasteiger partial charge in [0.15, 0.2) is 5.82 Å². The molecule has 1 aliphatic rings. The zero-order valence-corrected chi connectivity index (χ0v) is 12.9. The zero-order valence-electron chi connectivity index (χ0n) is 12.9. The van der Waals surface area contributed by atoms with Crippen molar-refractivity contribution < 1.29 is 14.0 Å². The maximum atomic E-state index is 13.9. The Balaban J connectivity index is 1.81. The molecular weight excluding hydrogens is 299 g/mol. The third-order valence-electron chi connectivity index (χ3n) is 3.80. The van der Waals surface area contributed by atoms with E-state index in [1.165, 1.54) is 19.1 Å². The van der Waals surface area contributed by atoms with E-state index in [0.717, 1.165) is 30.2 Å². The highest BCUT2D eigenvalue weighted by Crippen LogP contribution is 2.41. The largest absolute Gasteiger partial charge is 0.326 e. The Kier molecular flexibility index (Phi) is 3.85. The van der Waals surface area contributed by atoms with E-state index in [4.69, 9.17) is 0 Å². The topological polar surface area (TPSA) is 86.9 Å². The van der Waals surface area contributed by atoms with Crippen LogP contribution in [0.2, 0.25) is 0 Å². The maximum Gasteiger partial charge on any atom is 0.259 e. The minimum atomic E-state index is -0.660. The fourth-order valence-electron chi connectivity index (χ4n) is 2.46. The van der Waals surface area contributed by atoms with Crippen LogP contribution in [-0.2, 0) is 4.79 Å². The van der Waals surface area contributed by atoms with Crippen LogP contribution >= 0.6 is 0 Å². The van der Waals surface area contributed by atoms with Crippen molar-refractivity contribution in [3.63, 3.8) is 0 Å². The highest BCUT2D eigenvalue weighted by Gasteiger charge is 2.28. The Bertz CT molecular complexity index is 780. The quantitative estimate of drug-likeness (QED) is 0.810. The molecule has 1 aromatic heterocycles. The van der Waals surface area contributed by atoms with Crippen LogP contribution < -0.4 is 10.6 Å². The lowest BCUT2D eigenvalue weighted by Gasteiger charge is -2.08. The molecule has 0 unspecified atom stereocenters. The van der Waals surface area contributed by atoms with Crippen molar-refractivity contribution in [1.82, 2.24) is 10.2 Å². The molecule has 1 saturated carbocycles. The molecular formula is C16H17FN4O2. The van der Waals surface area contributed by atoms with Crippen LogP contribution in [0, 0.1) is 12.7 Å². The molecule has 0 spiro atoms. The number of nitrogens with zero attached hydrogens (tertiary/aromatic N) is 1. The Morgan fingerprint density at radius 3 is 2.70 bits per heavy atom. The summed E-state index contributed by atoms with van der Waals surface area (Å²) in [5.41, 5.74) is 2.11. The Labute approximate surface area is 132 Å². The molecule has 0 bridgehead atoms. The predicted octanol–water partition coefficient (Wildman–Crippen LogP) is 2.95. The summed E-state index contributed by atoms with van der Waals surface area (Å²) in [6.07, 6.45) is 2.23. The van der Waals surface area contributed by atoms with Gasteiger partial charge in [0.2, 0.25) is 5.91 Å². The van der Waals surface area contributed by atoms with Gasteiger partial charge >= 0.3 is 0 Å². The van der Waals surface area contributed by atoms with Crippen molar-refractivity contribution >= 4 is 23.3 Å². The number of anilines is 2. The molecule has 0 radical (unpaired) electrons. The summed E-state index contributed by atoms with van der Waals surface area (Å²) in [4.78, 5) is 23.4. The number of H-pyrrole nitrogens is 1. The lowest BCUT2D eigenvalue weighted by molar-refractivity contribution is -0.114. The van der Waals surface area contributed by atoms with E-state index in [1.54, 1.807) is 0 Å². The summed E-state index contributed by atoms with van der Waals surface area (Å²) < 4.78 is 13.9. The summed E-state index contributed by atoms with van der Waals surface area (Å²) in [7, 11) is 0.